The zero-order valence-electron chi connectivity index (χ0n) is 17.3. The van der Waals surface area contributed by atoms with Crippen LogP contribution in [0, 0.1) is 23.7 Å². The van der Waals surface area contributed by atoms with Crippen LogP contribution in [0.25, 0.3) is 0 Å². The van der Waals surface area contributed by atoms with Crippen molar-refractivity contribution in [1.82, 2.24) is 0 Å². The van der Waals surface area contributed by atoms with Crippen molar-refractivity contribution in [1.29, 1.82) is 0 Å². The fourth-order valence-corrected chi connectivity index (χ4v) is 6.03. The third-order valence-electron chi connectivity index (χ3n) is 6.33. The maximum Gasteiger partial charge on any atom is 0.0182 e. The standard InChI is InChI=1S/C24H40S/c1-7-8-9-10-19(5)23-16-22(21-13-11-18(4)12-14-21)15-20(6)24(23)25-17(2)3/h10,13,18,20,22-24H,2,7-9,11-12,14-16H2,1,3-6H3/b19-10+/t18-,20+,22-,23+,24?/m0/s1. The molecule has 0 aliphatic heterocycles. The molecule has 0 aromatic carbocycles. The molecule has 2 aliphatic carbocycles. The molecule has 142 valence electrons. The Bertz CT molecular complexity index is 498. The molecule has 0 spiro atoms. The maximum absolute atomic E-state index is 4.20. The highest BCUT2D eigenvalue weighted by atomic mass is 32.2. The molecule has 1 fully saturated rings. The van der Waals surface area contributed by atoms with Crippen LogP contribution >= 0.6 is 11.8 Å². The summed E-state index contributed by atoms with van der Waals surface area (Å²) in [6, 6.07) is 0. The average molecular weight is 361 g/mol. The lowest BCUT2D eigenvalue weighted by Gasteiger charge is -2.43. The lowest BCUT2D eigenvalue weighted by Crippen LogP contribution is -2.35. The van der Waals surface area contributed by atoms with Crippen molar-refractivity contribution >= 4 is 11.8 Å². The van der Waals surface area contributed by atoms with E-state index in [0.29, 0.717) is 0 Å². The molecule has 0 aromatic heterocycles. The number of rotatable bonds is 7. The Kier molecular flexibility index (Phi) is 8.39. The zero-order valence-corrected chi connectivity index (χ0v) is 18.1. The van der Waals surface area contributed by atoms with Gasteiger partial charge < -0.3 is 0 Å². The summed E-state index contributed by atoms with van der Waals surface area (Å²) >= 11 is 2.05. The summed E-state index contributed by atoms with van der Waals surface area (Å²) in [4.78, 5) is 1.28. The topological polar surface area (TPSA) is 0 Å². The molecular formula is C24H40S. The largest absolute Gasteiger partial charge is 0.127 e. The van der Waals surface area contributed by atoms with Gasteiger partial charge in [0.25, 0.3) is 0 Å². The number of thioether (sulfide) groups is 1. The van der Waals surface area contributed by atoms with Gasteiger partial charge in [-0.2, -0.15) is 0 Å². The molecule has 2 rings (SSSR count). The average Bonchev–Trinajstić information content (AvgIpc) is 2.57. The fraction of sp³-hybridized carbons (Fsp3) is 0.750. The molecule has 1 saturated carbocycles. The Morgan fingerprint density at radius 2 is 2.04 bits per heavy atom. The summed E-state index contributed by atoms with van der Waals surface area (Å²) in [5.41, 5.74) is 3.43. The lowest BCUT2D eigenvalue weighted by atomic mass is 9.68. The van der Waals surface area contributed by atoms with Gasteiger partial charge in [0.05, 0.1) is 0 Å². The quantitative estimate of drug-likeness (QED) is 0.326. The predicted molar refractivity (Wildman–Crippen MR) is 116 cm³/mol. The highest BCUT2D eigenvalue weighted by Gasteiger charge is 2.38. The van der Waals surface area contributed by atoms with Gasteiger partial charge >= 0.3 is 0 Å². The van der Waals surface area contributed by atoms with Crippen molar-refractivity contribution in [3.63, 3.8) is 0 Å². The van der Waals surface area contributed by atoms with Crippen molar-refractivity contribution in [2.45, 2.75) is 91.2 Å². The number of hydrogen-bond acceptors (Lipinski definition) is 1. The molecule has 1 heteroatoms. The number of allylic oxidation sites excluding steroid dienone is 5. The first-order valence-electron chi connectivity index (χ1n) is 10.6. The predicted octanol–water partition coefficient (Wildman–Crippen LogP) is 8.17. The monoisotopic (exact) mass is 360 g/mol. The Morgan fingerprint density at radius 1 is 1.28 bits per heavy atom. The SMILES string of the molecule is C=C(C)SC1[C@H](C)C[C@H](C2=CC[C@H](C)CC2)C[C@@H]1/C(C)=C/CCCC. The normalized spacial score (nSPS) is 33.9. The highest BCUT2D eigenvalue weighted by molar-refractivity contribution is 8.03. The first kappa shape index (κ1) is 20.9. The van der Waals surface area contributed by atoms with Gasteiger partial charge in [-0.1, -0.05) is 63.5 Å². The second kappa shape index (κ2) is 10.0. The third-order valence-corrected chi connectivity index (χ3v) is 7.80. The van der Waals surface area contributed by atoms with Gasteiger partial charge in [0.2, 0.25) is 0 Å². The van der Waals surface area contributed by atoms with E-state index in [-0.39, 0.29) is 0 Å². The van der Waals surface area contributed by atoms with Crippen LogP contribution in [0.4, 0.5) is 0 Å². The van der Waals surface area contributed by atoms with Crippen LogP contribution in [0.3, 0.4) is 0 Å². The van der Waals surface area contributed by atoms with Crippen LogP contribution in [-0.2, 0) is 0 Å². The minimum atomic E-state index is 0.717. The van der Waals surface area contributed by atoms with Crippen LogP contribution in [0.2, 0.25) is 0 Å². The molecular weight excluding hydrogens is 320 g/mol. The van der Waals surface area contributed by atoms with Gasteiger partial charge in [0, 0.05) is 5.25 Å². The van der Waals surface area contributed by atoms with E-state index in [9.17, 15) is 0 Å². The summed E-state index contributed by atoms with van der Waals surface area (Å²) in [6.45, 7) is 16.0. The van der Waals surface area contributed by atoms with Gasteiger partial charge in [-0.15, -0.1) is 11.8 Å². The van der Waals surface area contributed by atoms with Crippen molar-refractivity contribution in [3.05, 3.63) is 34.8 Å². The maximum atomic E-state index is 4.20. The van der Waals surface area contributed by atoms with Gasteiger partial charge in [0.15, 0.2) is 0 Å². The number of hydrogen-bond donors (Lipinski definition) is 0. The summed E-state index contributed by atoms with van der Waals surface area (Å²) in [7, 11) is 0. The lowest BCUT2D eigenvalue weighted by molar-refractivity contribution is 0.257. The van der Waals surface area contributed by atoms with Crippen molar-refractivity contribution < 1.29 is 0 Å². The Hall–Kier alpha value is -0.430. The second-order valence-electron chi connectivity index (χ2n) is 8.79. The molecule has 0 N–H and O–H groups in total. The van der Waals surface area contributed by atoms with Crippen molar-refractivity contribution in [3.8, 4) is 0 Å². The summed E-state index contributed by atoms with van der Waals surface area (Å²) < 4.78 is 0. The van der Waals surface area contributed by atoms with Gasteiger partial charge in [0.1, 0.15) is 0 Å². The van der Waals surface area contributed by atoms with Crippen molar-refractivity contribution in [2.24, 2.45) is 23.7 Å². The van der Waals surface area contributed by atoms with E-state index in [4.69, 9.17) is 0 Å². The van der Waals surface area contributed by atoms with E-state index < -0.39 is 0 Å². The molecule has 0 bridgehead atoms. The Morgan fingerprint density at radius 3 is 2.64 bits per heavy atom. The second-order valence-corrected chi connectivity index (χ2v) is 10.3. The minimum absolute atomic E-state index is 0.717. The van der Waals surface area contributed by atoms with Gasteiger partial charge in [-0.25, -0.2) is 0 Å². The highest BCUT2D eigenvalue weighted by Crippen LogP contribution is 2.48. The van der Waals surface area contributed by atoms with E-state index in [2.05, 4.69) is 65.1 Å². The molecule has 5 atom stereocenters. The van der Waals surface area contributed by atoms with Crippen LogP contribution < -0.4 is 0 Å². The van der Waals surface area contributed by atoms with Crippen LogP contribution in [0.5, 0.6) is 0 Å². The van der Waals surface area contributed by atoms with Crippen LogP contribution in [-0.4, -0.2) is 5.25 Å². The third kappa shape index (κ3) is 6.05. The van der Waals surface area contributed by atoms with E-state index >= 15 is 0 Å². The summed E-state index contributed by atoms with van der Waals surface area (Å²) in [5.74, 6) is 3.22. The first-order valence-corrected chi connectivity index (χ1v) is 11.5. The number of unbranched alkanes of at least 4 members (excludes halogenated alkanes) is 2. The summed E-state index contributed by atoms with van der Waals surface area (Å²) in [6.07, 6.45) is 15.8. The van der Waals surface area contributed by atoms with E-state index in [1.165, 1.54) is 56.3 Å². The molecule has 0 heterocycles. The van der Waals surface area contributed by atoms with E-state index in [1.54, 1.807) is 11.1 Å². The molecule has 0 aromatic rings. The smallest absolute Gasteiger partial charge is 0.0182 e. The zero-order chi connectivity index (χ0) is 18.4. The van der Waals surface area contributed by atoms with Gasteiger partial charge in [-0.05, 0) is 80.9 Å². The Labute approximate surface area is 161 Å². The first-order chi connectivity index (χ1) is 11.9. The molecule has 0 saturated heterocycles. The van der Waals surface area contributed by atoms with Gasteiger partial charge in [-0.3, -0.25) is 0 Å². The summed E-state index contributed by atoms with van der Waals surface area (Å²) in [5, 5.41) is 0.717. The molecule has 25 heavy (non-hydrogen) atoms. The Balaban J connectivity index is 2.16. The van der Waals surface area contributed by atoms with Crippen LogP contribution in [0.1, 0.15) is 86.0 Å². The molecule has 0 amide bonds. The minimum Gasteiger partial charge on any atom is -0.127 e. The fourth-order valence-electron chi connectivity index (χ4n) is 4.74. The van der Waals surface area contributed by atoms with Crippen molar-refractivity contribution in [2.75, 3.05) is 0 Å². The molecule has 1 unspecified atom stereocenters. The molecule has 0 nitrogen and oxygen atoms in total. The van der Waals surface area contributed by atoms with Crippen LogP contribution in [0.15, 0.2) is 34.8 Å². The van der Waals surface area contributed by atoms with E-state index in [0.717, 1.165) is 28.9 Å². The molecule has 2 aliphatic rings. The molecule has 0 radical (unpaired) electrons. The van der Waals surface area contributed by atoms with E-state index in [1.807, 2.05) is 0 Å².